The van der Waals surface area contributed by atoms with Crippen LogP contribution in [0.4, 0.5) is 5.13 Å². The monoisotopic (exact) mass is 268 g/mol. The number of thiazole rings is 1. The van der Waals surface area contributed by atoms with Crippen molar-refractivity contribution in [2.75, 3.05) is 12.4 Å². The van der Waals surface area contributed by atoms with Gasteiger partial charge in [0.05, 0.1) is 13.2 Å². The van der Waals surface area contributed by atoms with E-state index in [2.05, 4.69) is 33.4 Å². The number of anilines is 1. The highest BCUT2D eigenvalue weighted by Crippen LogP contribution is 2.23. The number of nitrogens with zero attached hydrogens (tertiary/aromatic N) is 1. The van der Waals surface area contributed by atoms with E-state index in [4.69, 9.17) is 0 Å². The zero-order chi connectivity index (χ0) is 12.3. The van der Waals surface area contributed by atoms with E-state index in [1.54, 1.807) is 16.7 Å². The highest BCUT2D eigenvalue weighted by molar-refractivity contribution is 7.13. The molecule has 0 aliphatic rings. The molecule has 0 amide bonds. The van der Waals surface area contributed by atoms with E-state index < -0.39 is 5.97 Å². The van der Waals surface area contributed by atoms with E-state index in [0.717, 1.165) is 5.13 Å². The molecule has 17 heavy (non-hydrogen) atoms. The second-order valence-corrected chi connectivity index (χ2v) is 5.09. The largest absolute Gasteiger partial charge is 0.464 e. The number of aromatic nitrogens is 1. The molecule has 0 aliphatic heterocycles. The molecule has 2 heterocycles. The smallest absolute Gasteiger partial charge is 0.357 e. The molecule has 1 atom stereocenters. The highest BCUT2D eigenvalue weighted by Gasteiger charge is 2.12. The first-order chi connectivity index (χ1) is 8.20. The fraction of sp³-hybridized carbons (Fsp3) is 0.273. The van der Waals surface area contributed by atoms with Gasteiger partial charge in [0.1, 0.15) is 0 Å². The fourth-order valence-corrected chi connectivity index (χ4v) is 2.85. The normalized spacial score (nSPS) is 12.1. The van der Waals surface area contributed by atoms with Crippen LogP contribution in [0.3, 0.4) is 0 Å². The summed E-state index contributed by atoms with van der Waals surface area (Å²) in [6, 6.07) is 2.25. The van der Waals surface area contributed by atoms with Gasteiger partial charge in [-0.25, -0.2) is 9.78 Å². The van der Waals surface area contributed by atoms with Crippen molar-refractivity contribution in [2.45, 2.75) is 13.0 Å². The van der Waals surface area contributed by atoms with Crippen molar-refractivity contribution in [1.82, 2.24) is 4.98 Å². The first-order valence-corrected chi connectivity index (χ1v) is 6.85. The summed E-state index contributed by atoms with van der Waals surface area (Å²) in [6.07, 6.45) is 0. The van der Waals surface area contributed by atoms with Gasteiger partial charge in [0.25, 0.3) is 0 Å². The van der Waals surface area contributed by atoms with Crippen LogP contribution >= 0.6 is 22.7 Å². The third-order valence-electron chi connectivity index (χ3n) is 2.28. The predicted octanol–water partition coefficient (Wildman–Crippen LogP) is 3.16. The summed E-state index contributed by atoms with van der Waals surface area (Å²) in [5.41, 5.74) is 1.56. The molecule has 0 aromatic carbocycles. The molecule has 0 saturated carbocycles. The van der Waals surface area contributed by atoms with Gasteiger partial charge in [-0.3, -0.25) is 0 Å². The van der Waals surface area contributed by atoms with Crippen LogP contribution in [-0.4, -0.2) is 18.1 Å². The number of esters is 1. The average molecular weight is 268 g/mol. The molecule has 90 valence electrons. The Morgan fingerprint density at radius 1 is 1.53 bits per heavy atom. The summed E-state index contributed by atoms with van der Waals surface area (Å²) in [5.74, 6) is -0.405. The van der Waals surface area contributed by atoms with Gasteiger partial charge in [0.15, 0.2) is 10.8 Å². The van der Waals surface area contributed by atoms with Crippen LogP contribution in [0, 0.1) is 0 Å². The number of rotatable bonds is 4. The number of carbonyl (C=O) groups is 1. The Bertz CT molecular complexity index is 493. The predicted molar refractivity (Wildman–Crippen MR) is 69.8 cm³/mol. The second-order valence-electron chi connectivity index (χ2n) is 3.45. The molecular formula is C11H12N2O2S2. The molecule has 2 rings (SSSR count). The molecule has 1 N–H and O–H groups in total. The molecule has 0 bridgehead atoms. The Labute approximate surface area is 107 Å². The number of nitrogens with one attached hydrogen (secondary N) is 1. The Hall–Kier alpha value is -1.40. The SMILES string of the molecule is COC(=O)c1csc(NC(C)c2ccsc2)n1. The number of thiophene rings is 1. The minimum atomic E-state index is -0.405. The third kappa shape index (κ3) is 2.83. The standard InChI is InChI=1S/C11H12N2O2S2/c1-7(8-3-4-16-5-8)12-11-13-9(6-17-11)10(14)15-2/h3-7H,1-2H3,(H,12,13). The average Bonchev–Trinajstić information content (AvgIpc) is 2.98. The molecule has 6 heteroatoms. The molecule has 2 aromatic rings. The van der Waals surface area contributed by atoms with Gasteiger partial charge in [-0.1, -0.05) is 0 Å². The van der Waals surface area contributed by atoms with Gasteiger partial charge in [0.2, 0.25) is 0 Å². The lowest BCUT2D eigenvalue weighted by Crippen LogP contribution is -2.06. The van der Waals surface area contributed by atoms with Gasteiger partial charge < -0.3 is 10.1 Å². The number of carbonyl (C=O) groups excluding carboxylic acids is 1. The second kappa shape index (κ2) is 5.29. The summed E-state index contributed by atoms with van der Waals surface area (Å²) >= 11 is 3.06. The van der Waals surface area contributed by atoms with Gasteiger partial charge in [-0.05, 0) is 29.3 Å². The van der Waals surface area contributed by atoms with Crippen LogP contribution in [0.15, 0.2) is 22.2 Å². The van der Waals surface area contributed by atoms with Crippen molar-refractivity contribution < 1.29 is 9.53 Å². The van der Waals surface area contributed by atoms with E-state index in [1.165, 1.54) is 24.0 Å². The molecule has 0 aliphatic carbocycles. The van der Waals surface area contributed by atoms with E-state index in [1.807, 2.05) is 5.38 Å². The molecule has 0 radical (unpaired) electrons. The van der Waals surface area contributed by atoms with Crippen LogP contribution in [0.5, 0.6) is 0 Å². The number of ether oxygens (including phenoxy) is 1. The summed E-state index contributed by atoms with van der Waals surface area (Å²) < 4.78 is 4.61. The Morgan fingerprint density at radius 2 is 2.35 bits per heavy atom. The zero-order valence-electron chi connectivity index (χ0n) is 9.47. The molecule has 4 nitrogen and oxygen atoms in total. The fourth-order valence-electron chi connectivity index (χ4n) is 1.33. The van der Waals surface area contributed by atoms with Crippen molar-refractivity contribution >= 4 is 33.8 Å². The minimum Gasteiger partial charge on any atom is -0.464 e. The molecule has 2 aromatic heterocycles. The Morgan fingerprint density at radius 3 is 3.00 bits per heavy atom. The quantitative estimate of drug-likeness (QED) is 0.865. The first-order valence-electron chi connectivity index (χ1n) is 5.03. The van der Waals surface area contributed by atoms with Gasteiger partial charge in [-0.2, -0.15) is 11.3 Å². The lowest BCUT2D eigenvalue weighted by Gasteiger charge is -2.10. The van der Waals surface area contributed by atoms with Gasteiger partial charge >= 0.3 is 5.97 Å². The molecule has 0 saturated heterocycles. The third-order valence-corrected chi connectivity index (χ3v) is 3.76. The minimum absolute atomic E-state index is 0.179. The van der Waals surface area contributed by atoms with Crippen molar-refractivity contribution in [3.05, 3.63) is 33.5 Å². The van der Waals surface area contributed by atoms with Crippen LogP contribution in [0.25, 0.3) is 0 Å². The lowest BCUT2D eigenvalue weighted by atomic mass is 10.2. The summed E-state index contributed by atoms with van der Waals surface area (Å²) in [6.45, 7) is 2.06. The number of hydrogen-bond donors (Lipinski definition) is 1. The molecule has 0 spiro atoms. The molecular weight excluding hydrogens is 256 g/mol. The van der Waals surface area contributed by atoms with Gasteiger partial charge in [0, 0.05) is 5.38 Å². The summed E-state index contributed by atoms with van der Waals surface area (Å²) in [4.78, 5) is 15.4. The highest BCUT2D eigenvalue weighted by atomic mass is 32.1. The number of hydrogen-bond acceptors (Lipinski definition) is 6. The maximum absolute atomic E-state index is 11.2. The van der Waals surface area contributed by atoms with E-state index in [-0.39, 0.29) is 6.04 Å². The van der Waals surface area contributed by atoms with Crippen LogP contribution in [-0.2, 0) is 4.74 Å². The zero-order valence-corrected chi connectivity index (χ0v) is 11.1. The lowest BCUT2D eigenvalue weighted by molar-refractivity contribution is 0.0595. The van der Waals surface area contributed by atoms with Crippen LogP contribution in [0.1, 0.15) is 29.0 Å². The van der Waals surface area contributed by atoms with Crippen molar-refractivity contribution in [2.24, 2.45) is 0 Å². The molecule has 0 fully saturated rings. The van der Waals surface area contributed by atoms with E-state index in [9.17, 15) is 4.79 Å². The van der Waals surface area contributed by atoms with E-state index in [0.29, 0.717) is 5.69 Å². The molecule has 1 unspecified atom stereocenters. The van der Waals surface area contributed by atoms with Crippen LogP contribution < -0.4 is 5.32 Å². The van der Waals surface area contributed by atoms with Crippen molar-refractivity contribution in [3.63, 3.8) is 0 Å². The van der Waals surface area contributed by atoms with Gasteiger partial charge in [-0.15, -0.1) is 11.3 Å². The van der Waals surface area contributed by atoms with E-state index >= 15 is 0 Å². The van der Waals surface area contributed by atoms with Crippen LogP contribution in [0.2, 0.25) is 0 Å². The summed E-state index contributed by atoms with van der Waals surface area (Å²) in [7, 11) is 1.35. The maximum atomic E-state index is 11.2. The maximum Gasteiger partial charge on any atom is 0.357 e. The Kier molecular flexibility index (Phi) is 3.75. The van der Waals surface area contributed by atoms with Crippen molar-refractivity contribution in [1.29, 1.82) is 0 Å². The first kappa shape index (κ1) is 12.1. The summed E-state index contributed by atoms with van der Waals surface area (Å²) in [5, 5.41) is 9.79. The van der Waals surface area contributed by atoms with Crippen molar-refractivity contribution in [3.8, 4) is 0 Å². The number of methoxy groups -OCH3 is 1. The topological polar surface area (TPSA) is 51.2 Å². The Balaban J connectivity index is 2.04.